The predicted molar refractivity (Wildman–Crippen MR) is 132 cm³/mol. The van der Waals surface area contributed by atoms with Crippen LogP contribution in [0.4, 0.5) is 26.3 Å². The molecule has 5 rings (SSSR count). The van der Waals surface area contributed by atoms with Crippen molar-refractivity contribution in [2.24, 2.45) is 10.7 Å². The molecule has 196 valence electrons. The first-order valence-corrected chi connectivity index (χ1v) is 12.5. The highest BCUT2D eigenvalue weighted by Crippen LogP contribution is 2.38. The summed E-state index contributed by atoms with van der Waals surface area (Å²) in [6, 6.07) is 7.28. The minimum absolute atomic E-state index is 0.151. The second-order valence-electron chi connectivity index (χ2n) is 9.15. The van der Waals surface area contributed by atoms with Gasteiger partial charge in [-0.2, -0.15) is 31.4 Å². The number of aliphatic imine (C=N–C) groups is 1. The largest absolute Gasteiger partial charge is 0.416 e. The number of piperidine rings is 1. The van der Waals surface area contributed by atoms with Crippen molar-refractivity contribution in [3.63, 3.8) is 0 Å². The average molecular weight is 540 g/mol. The van der Waals surface area contributed by atoms with E-state index in [-0.39, 0.29) is 24.2 Å². The number of alkyl halides is 6. The molecular formula is C25H23F6N5S. The second-order valence-corrected chi connectivity index (χ2v) is 10.2. The SMILES string of the molecule is N[C@H]1CCCN(C2=NC/C(=C/c3ccc4c(cnn4Cc4ccc(C(F)(F)F)cc4C(F)(F)F)c3)S2)C1. The van der Waals surface area contributed by atoms with Crippen molar-refractivity contribution in [1.29, 1.82) is 0 Å². The summed E-state index contributed by atoms with van der Waals surface area (Å²) >= 11 is 1.61. The molecule has 0 spiro atoms. The van der Waals surface area contributed by atoms with Gasteiger partial charge in [-0.25, -0.2) is 0 Å². The van der Waals surface area contributed by atoms with Crippen LogP contribution in [0.5, 0.6) is 0 Å². The normalized spacial score (nSPS) is 20.2. The van der Waals surface area contributed by atoms with Crippen molar-refractivity contribution < 1.29 is 26.3 Å². The van der Waals surface area contributed by atoms with Gasteiger partial charge in [-0.1, -0.05) is 23.9 Å². The molecule has 3 aromatic rings. The maximum atomic E-state index is 13.5. The number of aromatic nitrogens is 2. The van der Waals surface area contributed by atoms with E-state index in [0.29, 0.717) is 23.5 Å². The Bertz CT molecular complexity index is 1370. The Balaban J connectivity index is 1.35. The van der Waals surface area contributed by atoms with Crippen LogP contribution in [0.1, 0.15) is 35.1 Å². The van der Waals surface area contributed by atoms with Crippen molar-refractivity contribution in [3.05, 3.63) is 69.8 Å². The first-order valence-electron chi connectivity index (χ1n) is 11.6. The lowest BCUT2D eigenvalue weighted by atomic mass is 10.0. The fourth-order valence-electron chi connectivity index (χ4n) is 4.57. The van der Waals surface area contributed by atoms with Crippen LogP contribution in [0, 0.1) is 0 Å². The topological polar surface area (TPSA) is 59.4 Å². The lowest BCUT2D eigenvalue weighted by molar-refractivity contribution is -0.143. The number of hydrogen-bond acceptors (Lipinski definition) is 5. The lowest BCUT2D eigenvalue weighted by Crippen LogP contribution is -2.44. The number of likely N-dealkylation sites (tertiary alicyclic amines) is 1. The molecule has 5 nitrogen and oxygen atoms in total. The number of hydrogen-bond donors (Lipinski definition) is 1. The van der Waals surface area contributed by atoms with Crippen molar-refractivity contribution in [1.82, 2.24) is 14.7 Å². The van der Waals surface area contributed by atoms with Crippen molar-refractivity contribution in [2.75, 3.05) is 19.6 Å². The van der Waals surface area contributed by atoms with E-state index in [1.54, 1.807) is 17.8 Å². The lowest BCUT2D eigenvalue weighted by Gasteiger charge is -2.31. The Morgan fingerprint density at radius 2 is 1.86 bits per heavy atom. The fourth-order valence-corrected chi connectivity index (χ4v) is 5.56. The van der Waals surface area contributed by atoms with Gasteiger partial charge in [0.1, 0.15) is 0 Å². The molecule has 0 radical (unpaired) electrons. The molecule has 12 heteroatoms. The molecule has 2 aromatic carbocycles. The van der Waals surface area contributed by atoms with Crippen LogP contribution in [-0.2, 0) is 18.9 Å². The number of thioether (sulfide) groups is 1. The zero-order valence-electron chi connectivity index (χ0n) is 19.5. The summed E-state index contributed by atoms with van der Waals surface area (Å²) in [5.74, 6) is 0. The Labute approximate surface area is 213 Å². The Hall–Kier alpha value is -2.99. The fraction of sp³-hybridized carbons (Fsp3) is 0.360. The molecule has 0 bridgehead atoms. The van der Waals surface area contributed by atoms with E-state index < -0.39 is 23.5 Å². The Kier molecular flexibility index (Phi) is 6.73. The van der Waals surface area contributed by atoms with Crippen molar-refractivity contribution in [2.45, 2.75) is 37.8 Å². The highest BCUT2D eigenvalue weighted by Gasteiger charge is 2.38. The number of nitrogens with zero attached hydrogens (tertiary/aromatic N) is 4. The molecule has 0 unspecified atom stereocenters. The predicted octanol–water partition coefficient (Wildman–Crippen LogP) is 5.99. The number of nitrogens with two attached hydrogens (primary N) is 1. The molecule has 37 heavy (non-hydrogen) atoms. The zero-order chi connectivity index (χ0) is 26.4. The van der Waals surface area contributed by atoms with Gasteiger partial charge in [0.2, 0.25) is 0 Å². The van der Waals surface area contributed by atoms with Crippen molar-refractivity contribution >= 4 is 33.9 Å². The third kappa shape index (κ3) is 5.64. The summed E-state index contributed by atoms with van der Waals surface area (Å²) in [6.07, 6.45) is -4.20. The molecule has 1 atom stereocenters. The number of fused-ring (bicyclic) bond motifs is 1. The summed E-state index contributed by atoms with van der Waals surface area (Å²) in [4.78, 5) is 7.92. The molecule has 2 aliphatic rings. The summed E-state index contributed by atoms with van der Waals surface area (Å²) in [5, 5.41) is 5.87. The van der Waals surface area contributed by atoms with Crippen molar-refractivity contribution in [3.8, 4) is 0 Å². The highest BCUT2D eigenvalue weighted by atomic mass is 32.2. The van der Waals surface area contributed by atoms with Gasteiger partial charge in [0.25, 0.3) is 0 Å². The number of benzene rings is 2. The minimum atomic E-state index is -4.93. The van der Waals surface area contributed by atoms with Crippen LogP contribution in [0.3, 0.4) is 0 Å². The smallest absolute Gasteiger partial charge is 0.350 e. The molecule has 2 aliphatic heterocycles. The molecule has 1 aromatic heterocycles. The van der Waals surface area contributed by atoms with Crippen LogP contribution in [0.2, 0.25) is 0 Å². The zero-order valence-corrected chi connectivity index (χ0v) is 20.3. The number of amidine groups is 1. The maximum absolute atomic E-state index is 13.5. The molecule has 2 N–H and O–H groups in total. The standard InChI is InChI=1S/C25H23F6N5S/c26-24(27,28)18-5-4-16(21(10-18)25(29,30)31)13-36-22-6-3-15(8-17(22)11-34-36)9-20-12-33-23(37-20)35-7-1-2-19(32)14-35/h3-6,8-11,19H,1-2,7,12-14,32H2/b20-9-/t19-/m0/s1. The second kappa shape index (κ2) is 9.71. The van der Waals surface area contributed by atoms with E-state index in [1.807, 2.05) is 18.2 Å². The van der Waals surface area contributed by atoms with E-state index in [0.717, 1.165) is 47.6 Å². The van der Waals surface area contributed by atoms with E-state index in [4.69, 9.17) is 5.73 Å². The van der Waals surface area contributed by atoms with Gasteiger partial charge in [0.05, 0.1) is 35.9 Å². The summed E-state index contributed by atoms with van der Waals surface area (Å²) in [7, 11) is 0. The van der Waals surface area contributed by atoms with Gasteiger partial charge in [-0.05, 0) is 54.3 Å². The van der Waals surface area contributed by atoms with Gasteiger partial charge in [-0.15, -0.1) is 0 Å². The number of rotatable bonds is 3. The molecule has 0 saturated carbocycles. The monoisotopic (exact) mass is 539 g/mol. The highest BCUT2D eigenvalue weighted by molar-refractivity contribution is 8.17. The summed E-state index contributed by atoms with van der Waals surface area (Å²) in [5.41, 5.74) is 4.60. The van der Waals surface area contributed by atoms with Gasteiger partial charge >= 0.3 is 12.4 Å². The van der Waals surface area contributed by atoms with Crippen LogP contribution in [0.25, 0.3) is 17.0 Å². The number of halogens is 6. The minimum Gasteiger partial charge on any atom is -0.350 e. The van der Waals surface area contributed by atoms with Crippen LogP contribution >= 0.6 is 11.8 Å². The van der Waals surface area contributed by atoms with E-state index in [9.17, 15) is 26.3 Å². The third-order valence-electron chi connectivity index (χ3n) is 6.38. The maximum Gasteiger partial charge on any atom is 0.416 e. The molecule has 1 fully saturated rings. The molecule has 0 amide bonds. The molecule has 3 heterocycles. The summed E-state index contributed by atoms with van der Waals surface area (Å²) in [6.45, 7) is 1.98. The average Bonchev–Trinajstić information content (AvgIpc) is 3.45. The summed E-state index contributed by atoms with van der Waals surface area (Å²) < 4.78 is 80.9. The van der Waals surface area contributed by atoms with E-state index in [1.165, 1.54) is 10.9 Å². The van der Waals surface area contributed by atoms with E-state index in [2.05, 4.69) is 15.0 Å². The molecular weight excluding hydrogens is 516 g/mol. The first kappa shape index (κ1) is 25.7. The van der Waals surface area contributed by atoms with Crippen LogP contribution < -0.4 is 5.73 Å². The van der Waals surface area contributed by atoms with Gasteiger partial charge in [0.15, 0.2) is 5.17 Å². The van der Waals surface area contributed by atoms with Gasteiger partial charge in [-0.3, -0.25) is 9.67 Å². The van der Waals surface area contributed by atoms with Gasteiger partial charge in [0, 0.05) is 29.4 Å². The molecule has 1 saturated heterocycles. The van der Waals surface area contributed by atoms with Crippen LogP contribution in [0.15, 0.2) is 52.5 Å². The third-order valence-corrected chi connectivity index (χ3v) is 7.46. The molecule has 0 aliphatic carbocycles. The van der Waals surface area contributed by atoms with Crippen LogP contribution in [-0.4, -0.2) is 45.5 Å². The van der Waals surface area contributed by atoms with E-state index >= 15 is 0 Å². The first-order chi connectivity index (χ1) is 17.5. The quantitative estimate of drug-likeness (QED) is 0.416. The Morgan fingerprint density at radius 3 is 2.59 bits per heavy atom. The van der Waals surface area contributed by atoms with Gasteiger partial charge < -0.3 is 10.6 Å². The Morgan fingerprint density at radius 1 is 1.05 bits per heavy atom.